The van der Waals surface area contributed by atoms with Gasteiger partial charge in [0.25, 0.3) is 11.5 Å². The van der Waals surface area contributed by atoms with Gasteiger partial charge in [0.1, 0.15) is 17.4 Å². The van der Waals surface area contributed by atoms with Gasteiger partial charge >= 0.3 is 5.69 Å². The molecule has 0 bridgehead atoms. The number of amides is 1. The average Bonchev–Trinajstić information content (AvgIpc) is 3.41. The van der Waals surface area contributed by atoms with Crippen LogP contribution in [-0.2, 0) is 6.54 Å². The van der Waals surface area contributed by atoms with Gasteiger partial charge in [-0.1, -0.05) is 30.3 Å². The third kappa shape index (κ3) is 5.45. The van der Waals surface area contributed by atoms with Crippen molar-refractivity contribution in [1.29, 1.82) is 0 Å². The Bertz CT molecular complexity index is 1900. The fourth-order valence-electron chi connectivity index (χ4n) is 5.63. The van der Waals surface area contributed by atoms with Gasteiger partial charge in [-0.05, 0) is 68.8 Å². The highest BCUT2D eigenvalue weighted by molar-refractivity contribution is 6.04. The van der Waals surface area contributed by atoms with E-state index in [-0.39, 0.29) is 12.1 Å². The first-order valence-corrected chi connectivity index (χ1v) is 14.2. The van der Waals surface area contributed by atoms with Crippen molar-refractivity contribution in [3.8, 4) is 16.8 Å². The molecule has 4 heterocycles. The molecule has 1 saturated heterocycles. The minimum absolute atomic E-state index is 0.0846. The van der Waals surface area contributed by atoms with Crippen LogP contribution in [0, 0.1) is 0 Å². The summed E-state index contributed by atoms with van der Waals surface area (Å²) in [7, 11) is 0. The molecule has 6 rings (SSSR count). The van der Waals surface area contributed by atoms with Crippen molar-refractivity contribution >= 4 is 22.9 Å². The zero-order chi connectivity index (χ0) is 30.1. The number of nitrogens with zero attached hydrogens (tertiary/aromatic N) is 5. The van der Waals surface area contributed by atoms with Crippen molar-refractivity contribution in [3.63, 3.8) is 0 Å². The lowest BCUT2D eigenvalue weighted by Gasteiger charge is -2.22. The number of aromatic nitrogens is 5. The lowest BCUT2D eigenvalue weighted by Crippen LogP contribution is -2.43. The summed E-state index contributed by atoms with van der Waals surface area (Å²) < 4.78 is 3.98. The van der Waals surface area contributed by atoms with Gasteiger partial charge in [0.05, 0.1) is 18.3 Å². The third-order valence-electron chi connectivity index (χ3n) is 7.70. The van der Waals surface area contributed by atoms with Gasteiger partial charge in [0.2, 0.25) is 0 Å². The van der Waals surface area contributed by atoms with Gasteiger partial charge in [0, 0.05) is 29.1 Å². The molecule has 5 aromatic rings. The third-order valence-corrected chi connectivity index (χ3v) is 7.70. The molecule has 12 heteroatoms. The Kier molecular flexibility index (Phi) is 7.61. The molecule has 12 nitrogen and oxygen atoms in total. The number of benzene rings is 2. The first-order valence-electron chi connectivity index (χ1n) is 14.2. The van der Waals surface area contributed by atoms with Crippen molar-refractivity contribution in [2.75, 3.05) is 24.1 Å². The molecule has 43 heavy (non-hydrogen) atoms. The van der Waals surface area contributed by atoms with Crippen LogP contribution in [0.4, 0.5) is 11.5 Å². The number of hydrogen-bond acceptors (Lipinski definition) is 8. The van der Waals surface area contributed by atoms with E-state index in [4.69, 9.17) is 5.73 Å². The maximum Gasteiger partial charge on any atom is 0.335 e. The second-order valence-electron chi connectivity index (χ2n) is 10.7. The number of hydrogen-bond donors (Lipinski definition) is 4. The molecule has 0 aliphatic carbocycles. The second kappa shape index (κ2) is 11.7. The van der Waals surface area contributed by atoms with Crippen LogP contribution in [0.3, 0.4) is 0 Å². The molecule has 5 N–H and O–H groups in total. The molecule has 220 valence electrons. The first kappa shape index (κ1) is 28.1. The topological polar surface area (TPSA) is 162 Å². The fraction of sp³-hybridized carbons (Fsp3) is 0.258. The number of nitrogen functional groups attached to an aromatic ring is 1. The molecule has 1 unspecified atom stereocenters. The van der Waals surface area contributed by atoms with Gasteiger partial charge in [-0.3, -0.25) is 14.2 Å². The maximum atomic E-state index is 13.4. The van der Waals surface area contributed by atoms with E-state index >= 15 is 0 Å². The van der Waals surface area contributed by atoms with Crippen LogP contribution in [-0.4, -0.2) is 53.9 Å². The normalized spacial score (nSPS) is 14.6. The van der Waals surface area contributed by atoms with Crippen molar-refractivity contribution in [2.45, 2.75) is 38.3 Å². The number of rotatable bonds is 7. The number of piperidine rings is 1. The summed E-state index contributed by atoms with van der Waals surface area (Å²) in [5, 5.41) is 20.6. The van der Waals surface area contributed by atoms with Crippen LogP contribution in [0.5, 0.6) is 0 Å². The van der Waals surface area contributed by atoms with Gasteiger partial charge in [-0.2, -0.15) is 5.10 Å². The van der Waals surface area contributed by atoms with Gasteiger partial charge in [-0.15, -0.1) is 0 Å². The Morgan fingerprint density at radius 2 is 1.84 bits per heavy atom. The summed E-state index contributed by atoms with van der Waals surface area (Å²) in [4.78, 5) is 44.1. The van der Waals surface area contributed by atoms with Gasteiger partial charge in [-0.25, -0.2) is 18.9 Å². The average molecular weight is 581 g/mol. The Balaban J connectivity index is 1.33. The fourth-order valence-corrected chi connectivity index (χ4v) is 5.63. The molecule has 1 atom stereocenters. The Hall–Kier alpha value is -5.07. The number of carbonyl (C=O) groups excluding carboxylic acids is 1. The molecule has 1 aliphatic rings. The van der Waals surface area contributed by atoms with E-state index in [1.165, 1.54) is 24.0 Å². The number of aliphatic hydroxyl groups excluding tert-OH is 1. The smallest absolute Gasteiger partial charge is 0.335 e. The van der Waals surface area contributed by atoms with E-state index < -0.39 is 23.3 Å². The standard InChI is InChI=1S/C31H32N8O4/c1-19(40)16-37-17-25(30(42)38(31(37)43)23-5-3-2-4-6-23)29(41)36-22-9-7-20(8-10-22)24-15-26(21-11-13-33-14-12-21)39-27(24)28(32)34-18-35-39/h2-10,15,17-19,21,33,40H,11-14,16H2,1H3,(H,36,41)(H2,32,34,35). The lowest BCUT2D eigenvalue weighted by molar-refractivity contribution is 0.102. The Morgan fingerprint density at radius 1 is 1.12 bits per heavy atom. The monoisotopic (exact) mass is 580 g/mol. The number of nitrogens with two attached hydrogens (primary N) is 1. The molecular weight excluding hydrogens is 548 g/mol. The minimum Gasteiger partial charge on any atom is -0.392 e. The highest BCUT2D eigenvalue weighted by atomic mass is 16.3. The molecule has 0 saturated carbocycles. The number of fused-ring (bicyclic) bond motifs is 1. The molecule has 1 amide bonds. The highest BCUT2D eigenvalue weighted by Crippen LogP contribution is 2.36. The van der Waals surface area contributed by atoms with E-state index in [9.17, 15) is 19.5 Å². The number of aliphatic hydroxyl groups is 1. The van der Waals surface area contributed by atoms with E-state index in [0.717, 1.165) is 52.8 Å². The zero-order valence-corrected chi connectivity index (χ0v) is 23.6. The predicted molar refractivity (Wildman–Crippen MR) is 164 cm³/mol. The quantitative estimate of drug-likeness (QED) is 0.228. The molecule has 0 radical (unpaired) electrons. The van der Waals surface area contributed by atoms with E-state index in [0.29, 0.717) is 23.1 Å². The summed E-state index contributed by atoms with van der Waals surface area (Å²) in [5.74, 6) is 0.0406. The Labute approximate surface area is 246 Å². The number of para-hydroxylation sites is 1. The molecule has 0 spiro atoms. The summed E-state index contributed by atoms with van der Waals surface area (Å²) in [6.07, 6.45) is 3.78. The SMILES string of the molecule is CC(O)Cn1cc(C(=O)Nc2ccc(-c3cc(C4CCNCC4)n4ncnc(N)c34)cc2)c(=O)n(-c2ccccc2)c1=O. The van der Waals surface area contributed by atoms with Crippen molar-refractivity contribution in [1.82, 2.24) is 29.0 Å². The number of nitrogens with one attached hydrogen (secondary N) is 2. The van der Waals surface area contributed by atoms with E-state index in [2.05, 4.69) is 26.8 Å². The molecule has 3 aromatic heterocycles. The number of carbonyl (C=O) groups is 1. The van der Waals surface area contributed by atoms with Crippen molar-refractivity contribution < 1.29 is 9.90 Å². The Morgan fingerprint density at radius 3 is 2.53 bits per heavy atom. The molecule has 1 aliphatic heterocycles. The van der Waals surface area contributed by atoms with Crippen LogP contribution in [0.2, 0.25) is 0 Å². The van der Waals surface area contributed by atoms with Crippen LogP contribution >= 0.6 is 0 Å². The van der Waals surface area contributed by atoms with Crippen LogP contribution in [0.15, 0.2) is 82.8 Å². The first-order chi connectivity index (χ1) is 20.8. The van der Waals surface area contributed by atoms with Crippen molar-refractivity contribution in [3.05, 3.63) is 105 Å². The van der Waals surface area contributed by atoms with E-state index in [1.807, 2.05) is 16.6 Å². The summed E-state index contributed by atoms with van der Waals surface area (Å²) >= 11 is 0. The highest BCUT2D eigenvalue weighted by Gasteiger charge is 2.24. The van der Waals surface area contributed by atoms with Crippen LogP contribution in [0.25, 0.3) is 22.3 Å². The minimum atomic E-state index is -0.872. The summed E-state index contributed by atoms with van der Waals surface area (Å²) in [6.45, 7) is 3.32. The van der Waals surface area contributed by atoms with Gasteiger partial charge in [0.15, 0.2) is 5.82 Å². The second-order valence-corrected chi connectivity index (χ2v) is 10.7. The molecular formula is C31H32N8O4. The van der Waals surface area contributed by atoms with E-state index in [1.54, 1.807) is 42.5 Å². The maximum absolute atomic E-state index is 13.4. The van der Waals surface area contributed by atoms with Crippen molar-refractivity contribution in [2.24, 2.45) is 0 Å². The summed E-state index contributed by atoms with van der Waals surface area (Å²) in [6, 6.07) is 17.7. The summed E-state index contributed by atoms with van der Waals surface area (Å²) in [5.41, 5.74) is 9.02. The largest absolute Gasteiger partial charge is 0.392 e. The van der Waals surface area contributed by atoms with Crippen LogP contribution < -0.4 is 27.6 Å². The van der Waals surface area contributed by atoms with Crippen LogP contribution in [0.1, 0.15) is 41.7 Å². The molecule has 1 fully saturated rings. The predicted octanol–water partition coefficient (Wildman–Crippen LogP) is 2.39. The zero-order valence-electron chi connectivity index (χ0n) is 23.6. The number of anilines is 2. The molecule has 2 aromatic carbocycles. The van der Waals surface area contributed by atoms with Gasteiger partial charge < -0.3 is 21.5 Å². The lowest BCUT2D eigenvalue weighted by atomic mass is 9.94.